The summed E-state index contributed by atoms with van der Waals surface area (Å²) in [6.07, 6.45) is 1.80. The van der Waals surface area contributed by atoms with E-state index in [0.29, 0.717) is 16.9 Å². The maximum atomic E-state index is 8.47. The van der Waals surface area contributed by atoms with E-state index in [1.165, 1.54) is 6.92 Å². The number of hydrogen-bond donors (Lipinski definition) is 0. The van der Waals surface area contributed by atoms with Gasteiger partial charge in [0.05, 0.1) is 5.56 Å². The molecule has 1 aromatic carbocycles. The van der Waals surface area contributed by atoms with Crippen LogP contribution in [0.5, 0.6) is 0 Å². The second kappa shape index (κ2) is 5.69. The van der Waals surface area contributed by atoms with E-state index in [1.54, 1.807) is 18.3 Å². The van der Waals surface area contributed by atoms with E-state index in [2.05, 4.69) is 4.98 Å². The number of pyridine rings is 2. The lowest BCUT2D eigenvalue weighted by Gasteiger charge is -2.09. The molecular formula is C22H23N2O+. The molecule has 25 heavy (non-hydrogen) atoms. The van der Waals surface area contributed by atoms with Gasteiger partial charge in [0.15, 0.2) is 11.8 Å². The van der Waals surface area contributed by atoms with Crippen molar-refractivity contribution in [3.8, 4) is 11.3 Å². The molecule has 3 nitrogen and oxygen atoms in total. The lowest BCUT2D eigenvalue weighted by Crippen LogP contribution is -2.31. The number of benzene rings is 1. The van der Waals surface area contributed by atoms with E-state index in [9.17, 15) is 0 Å². The third-order valence-corrected chi connectivity index (χ3v) is 4.69. The molecule has 4 rings (SSSR count). The zero-order valence-corrected chi connectivity index (χ0v) is 14.8. The normalized spacial score (nSPS) is 17.0. The van der Waals surface area contributed by atoms with Crippen LogP contribution in [-0.4, -0.2) is 4.98 Å². The van der Waals surface area contributed by atoms with Gasteiger partial charge in [0.25, 0.3) is 0 Å². The first-order chi connectivity index (χ1) is 13.5. The van der Waals surface area contributed by atoms with Crippen LogP contribution in [0.3, 0.4) is 0 Å². The highest BCUT2D eigenvalue weighted by Gasteiger charge is 2.21. The molecule has 0 saturated heterocycles. The fraction of sp³-hybridized carbons (Fsp3) is 0.273. The van der Waals surface area contributed by atoms with Gasteiger partial charge in [-0.2, -0.15) is 0 Å². The van der Waals surface area contributed by atoms with Crippen molar-refractivity contribution in [1.29, 1.82) is 0 Å². The van der Waals surface area contributed by atoms with Crippen LogP contribution in [-0.2, 0) is 7.05 Å². The minimum absolute atomic E-state index is 0.437. The summed E-state index contributed by atoms with van der Waals surface area (Å²) in [5, 5.41) is 1.90. The molecule has 0 N–H and O–H groups in total. The molecule has 0 fully saturated rings. The maximum Gasteiger partial charge on any atom is 0.227 e. The quantitative estimate of drug-likeness (QED) is 0.471. The number of aromatic nitrogens is 2. The summed E-state index contributed by atoms with van der Waals surface area (Å²) in [5.41, 5.74) is 5.29. The molecule has 0 bridgehead atoms. The average molecular weight is 335 g/mol. The molecule has 3 aromatic heterocycles. The van der Waals surface area contributed by atoms with Crippen molar-refractivity contribution in [2.45, 2.75) is 33.5 Å². The van der Waals surface area contributed by atoms with Crippen LogP contribution in [0.25, 0.3) is 33.3 Å². The lowest BCUT2D eigenvalue weighted by molar-refractivity contribution is -0.660. The second-order valence-electron chi connectivity index (χ2n) is 6.58. The van der Waals surface area contributed by atoms with Gasteiger partial charge >= 0.3 is 0 Å². The number of furan rings is 1. The molecule has 3 heteroatoms. The molecule has 0 aliphatic heterocycles. The Morgan fingerprint density at radius 1 is 1.16 bits per heavy atom. The third kappa shape index (κ3) is 2.51. The number of rotatable bonds is 2. The monoisotopic (exact) mass is 335 g/mol. The first kappa shape index (κ1) is 11.8. The highest BCUT2D eigenvalue weighted by molar-refractivity contribution is 6.08. The molecule has 1 atom stereocenters. The number of nitrogens with zero attached hydrogens (tertiary/aromatic N) is 2. The lowest BCUT2D eigenvalue weighted by atomic mass is 9.97. The van der Waals surface area contributed by atoms with Crippen molar-refractivity contribution in [2.75, 3.05) is 0 Å². The fourth-order valence-corrected chi connectivity index (χ4v) is 3.28. The van der Waals surface area contributed by atoms with Gasteiger partial charge in [-0.1, -0.05) is 25.9 Å². The summed E-state index contributed by atoms with van der Waals surface area (Å²) in [5.74, 6) is -1.72. The van der Waals surface area contributed by atoms with Crippen molar-refractivity contribution in [3.05, 3.63) is 59.4 Å². The topological polar surface area (TPSA) is 29.9 Å². The van der Waals surface area contributed by atoms with Crippen molar-refractivity contribution < 1.29 is 14.5 Å². The average Bonchev–Trinajstić information content (AvgIpc) is 2.98. The fourth-order valence-electron chi connectivity index (χ4n) is 3.28. The van der Waals surface area contributed by atoms with Crippen LogP contribution in [0.15, 0.2) is 47.0 Å². The smallest absolute Gasteiger partial charge is 0.227 e. The number of aryl methyl sites for hydroxylation is 3. The predicted octanol–water partition coefficient (Wildman–Crippen LogP) is 5.21. The largest absolute Gasteiger partial charge is 0.437 e. The standard InChI is InChI=1S/C22H23N2O/c1-13(2)16-10-11-24(5)19(12-16)20-14(3)6-8-17-18-9-7-15(4)23-22(18)25-21(17)20/h6-13H,1-5H3/q+1/i1D3,13D. The summed E-state index contributed by atoms with van der Waals surface area (Å²) < 4.78 is 39.9. The van der Waals surface area contributed by atoms with Gasteiger partial charge in [-0.3, -0.25) is 0 Å². The predicted molar refractivity (Wildman–Crippen MR) is 102 cm³/mol. The number of hydrogen-bond acceptors (Lipinski definition) is 2. The van der Waals surface area contributed by atoms with E-state index in [-0.39, 0.29) is 0 Å². The molecule has 4 aromatic rings. The van der Waals surface area contributed by atoms with Gasteiger partial charge in [0.1, 0.15) is 7.05 Å². The Morgan fingerprint density at radius 2 is 1.96 bits per heavy atom. The van der Waals surface area contributed by atoms with Gasteiger partial charge in [-0.15, -0.1) is 0 Å². The van der Waals surface area contributed by atoms with Crippen molar-refractivity contribution in [3.63, 3.8) is 0 Å². The second-order valence-corrected chi connectivity index (χ2v) is 6.58. The summed E-state index contributed by atoms with van der Waals surface area (Å²) in [6, 6.07) is 11.5. The Labute approximate surface area is 153 Å². The molecule has 1 unspecified atom stereocenters. The Morgan fingerprint density at radius 3 is 2.76 bits per heavy atom. The molecule has 0 saturated carbocycles. The van der Waals surface area contributed by atoms with Gasteiger partial charge in [0.2, 0.25) is 11.4 Å². The van der Waals surface area contributed by atoms with Crippen LogP contribution in [0, 0.1) is 13.8 Å². The van der Waals surface area contributed by atoms with Gasteiger partial charge < -0.3 is 4.42 Å². The first-order valence-corrected chi connectivity index (χ1v) is 8.31. The Bertz CT molecular complexity index is 1260. The molecule has 3 heterocycles. The summed E-state index contributed by atoms with van der Waals surface area (Å²) in [7, 11) is 1.90. The summed E-state index contributed by atoms with van der Waals surface area (Å²) in [4.78, 5) is 4.51. The maximum absolute atomic E-state index is 8.47. The van der Waals surface area contributed by atoms with Crippen LogP contribution in [0.2, 0.25) is 0 Å². The van der Waals surface area contributed by atoms with Crippen molar-refractivity contribution in [2.24, 2.45) is 7.05 Å². The molecular weight excluding hydrogens is 308 g/mol. The van der Waals surface area contributed by atoms with E-state index in [1.807, 2.05) is 49.7 Å². The van der Waals surface area contributed by atoms with Crippen molar-refractivity contribution in [1.82, 2.24) is 4.98 Å². The first-order valence-electron chi connectivity index (χ1n) is 10.3. The highest BCUT2D eigenvalue weighted by Crippen LogP contribution is 2.36. The minimum atomic E-state index is -2.44. The van der Waals surface area contributed by atoms with Crippen LogP contribution < -0.4 is 4.57 Å². The molecule has 0 aliphatic carbocycles. The summed E-state index contributed by atoms with van der Waals surface area (Å²) >= 11 is 0. The molecule has 0 amide bonds. The highest BCUT2D eigenvalue weighted by atomic mass is 16.3. The van der Waals surface area contributed by atoms with Crippen LogP contribution >= 0.6 is 0 Å². The zero-order valence-electron chi connectivity index (χ0n) is 18.8. The van der Waals surface area contributed by atoms with E-state index >= 15 is 0 Å². The Hall–Kier alpha value is -2.68. The van der Waals surface area contributed by atoms with Gasteiger partial charge in [-0.25, -0.2) is 9.55 Å². The number of fused-ring (bicyclic) bond motifs is 3. The SMILES string of the molecule is [2H]C([2H])([2H])C([2H])(C)c1cc[n+](C)c(-c2c(C)ccc3c2oc2nc(C)ccc23)c1. The van der Waals surface area contributed by atoms with E-state index in [0.717, 1.165) is 33.3 Å². The van der Waals surface area contributed by atoms with E-state index < -0.39 is 12.7 Å². The summed E-state index contributed by atoms with van der Waals surface area (Å²) in [6.45, 7) is 2.91. The molecule has 126 valence electrons. The minimum Gasteiger partial charge on any atom is -0.437 e. The third-order valence-electron chi connectivity index (χ3n) is 4.69. The zero-order chi connectivity index (χ0) is 21.1. The Kier molecular flexibility index (Phi) is 2.69. The van der Waals surface area contributed by atoms with Crippen LogP contribution in [0.4, 0.5) is 0 Å². The van der Waals surface area contributed by atoms with Gasteiger partial charge in [-0.05, 0) is 43.0 Å². The van der Waals surface area contributed by atoms with Gasteiger partial charge in [0, 0.05) is 34.1 Å². The molecule has 0 spiro atoms. The van der Waals surface area contributed by atoms with E-state index in [4.69, 9.17) is 9.90 Å². The molecule has 0 radical (unpaired) electrons. The van der Waals surface area contributed by atoms with Crippen LogP contribution in [0.1, 0.15) is 42.0 Å². The Balaban J connectivity index is 2.03. The van der Waals surface area contributed by atoms with Crippen molar-refractivity contribution >= 4 is 22.1 Å². The molecule has 0 aliphatic rings.